The lowest BCUT2D eigenvalue weighted by molar-refractivity contribution is 0.102. The molecule has 3 rings (SSSR count). The molecule has 0 fully saturated rings. The Hall–Kier alpha value is -2.18. The smallest absolute Gasteiger partial charge is 0.257 e. The van der Waals surface area contributed by atoms with Crippen molar-refractivity contribution in [2.45, 2.75) is 24.5 Å². The van der Waals surface area contributed by atoms with Gasteiger partial charge in [-0.25, -0.2) is 0 Å². The zero-order valence-electron chi connectivity index (χ0n) is 13.4. The number of hydrogen-bond acceptors (Lipinski definition) is 5. The summed E-state index contributed by atoms with van der Waals surface area (Å²) in [5.74, 6) is 0.581. The largest absolute Gasteiger partial charge is 0.296 e. The number of aryl methyl sites for hydroxylation is 2. The number of rotatable bonds is 5. The van der Waals surface area contributed by atoms with Gasteiger partial charge in [-0.05, 0) is 49.2 Å². The Labute approximate surface area is 149 Å². The minimum Gasteiger partial charge on any atom is -0.296 e. The third-order valence-corrected chi connectivity index (χ3v) is 5.61. The fourth-order valence-electron chi connectivity index (χ4n) is 2.08. The first-order valence-corrected chi connectivity index (χ1v) is 9.31. The van der Waals surface area contributed by atoms with Crippen molar-refractivity contribution in [3.63, 3.8) is 0 Å². The van der Waals surface area contributed by atoms with Gasteiger partial charge in [0.2, 0.25) is 5.13 Å². The van der Waals surface area contributed by atoms with E-state index >= 15 is 0 Å². The van der Waals surface area contributed by atoms with Crippen LogP contribution in [-0.4, -0.2) is 16.1 Å². The molecule has 1 amide bonds. The summed E-state index contributed by atoms with van der Waals surface area (Å²) in [4.78, 5) is 13.5. The van der Waals surface area contributed by atoms with E-state index in [4.69, 9.17) is 0 Å². The zero-order chi connectivity index (χ0) is 16.9. The van der Waals surface area contributed by atoms with Crippen LogP contribution in [0.25, 0.3) is 0 Å². The molecular formula is C18H17N3OS2. The van der Waals surface area contributed by atoms with E-state index in [0.717, 1.165) is 16.3 Å². The van der Waals surface area contributed by atoms with Gasteiger partial charge in [0.1, 0.15) is 5.01 Å². The number of aromatic nitrogens is 2. The van der Waals surface area contributed by atoms with Gasteiger partial charge in [0.05, 0.1) is 5.75 Å². The Balaban J connectivity index is 1.61. The maximum atomic E-state index is 12.3. The number of hydrogen-bond donors (Lipinski definition) is 1. The van der Waals surface area contributed by atoms with Crippen LogP contribution in [0.4, 0.5) is 5.13 Å². The van der Waals surface area contributed by atoms with Crippen molar-refractivity contribution in [3.05, 3.63) is 70.2 Å². The first-order chi connectivity index (χ1) is 11.6. The third kappa shape index (κ3) is 4.21. The van der Waals surface area contributed by atoms with Crippen molar-refractivity contribution in [1.82, 2.24) is 10.2 Å². The molecule has 2 aromatic carbocycles. The summed E-state index contributed by atoms with van der Waals surface area (Å²) in [5, 5.41) is 12.4. The van der Waals surface area contributed by atoms with E-state index in [1.165, 1.54) is 21.8 Å². The summed E-state index contributed by atoms with van der Waals surface area (Å²) in [7, 11) is 0. The summed E-state index contributed by atoms with van der Waals surface area (Å²) < 4.78 is 0. The van der Waals surface area contributed by atoms with E-state index in [1.807, 2.05) is 50.2 Å². The fourth-order valence-corrected chi connectivity index (χ4v) is 3.72. The number of amides is 1. The Morgan fingerprint density at radius 1 is 1.08 bits per heavy atom. The molecule has 24 heavy (non-hydrogen) atoms. The predicted molar refractivity (Wildman–Crippen MR) is 99.8 cm³/mol. The molecule has 0 unspecified atom stereocenters. The number of nitrogens with one attached hydrogen (secondary N) is 1. The molecule has 0 aliphatic rings. The van der Waals surface area contributed by atoms with Gasteiger partial charge in [-0.3, -0.25) is 10.1 Å². The molecule has 6 heteroatoms. The van der Waals surface area contributed by atoms with Crippen molar-refractivity contribution in [1.29, 1.82) is 0 Å². The molecule has 0 radical (unpaired) electrons. The van der Waals surface area contributed by atoms with E-state index in [0.29, 0.717) is 10.7 Å². The Kier molecular flexibility index (Phi) is 5.27. The second-order valence-corrected chi connectivity index (χ2v) is 7.47. The van der Waals surface area contributed by atoms with Gasteiger partial charge in [0, 0.05) is 10.5 Å². The van der Waals surface area contributed by atoms with Gasteiger partial charge < -0.3 is 0 Å². The average Bonchev–Trinajstić information content (AvgIpc) is 3.04. The minimum absolute atomic E-state index is 0.156. The van der Waals surface area contributed by atoms with Crippen molar-refractivity contribution in [2.24, 2.45) is 0 Å². The van der Waals surface area contributed by atoms with Gasteiger partial charge in [0.25, 0.3) is 5.91 Å². The summed E-state index contributed by atoms with van der Waals surface area (Å²) in [6.07, 6.45) is 0. The Morgan fingerprint density at radius 2 is 1.88 bits per heavy atom. The van der Waals surface area contributed by atoms with Crippen LogP contribution in [0.15, 0.2) is 53.4 Å². The highest BCUT2D eigenvalue weighted by Crippen LogP contribution is 2.25. The summed E-state index contributed by atoms with van der Waals surface area (Å²) in [6, 6.07) is 15.8. The summed E-state index contributed by atoms with van der Waals surface area (Å²) in [6.45, 7) is 4.02. The molecule has 0 aliphatic carbocycles. The number of thioether (sulfide) groups is 1. The Bertz CT molecular complexity index is 846. The molecular weight excluding hydrogens is 338 g/mol. The minimum atomic E-state index is -0.156. The normalized spacial score (nSPS) is 10.6. The van der Waals surface area contributed by atoms with Gasteiger partial charge in [-0.15, -0.1) is 22.0 Å². The van der Waals surface area contributed by atoms with Gasteiger partial charge in [-0.2, -0.15) is 0 Å². The standard InChI is InChI=1S/C18H17N3OS2/c1-12-8-9-14(10-13(12)2)17(22)19-18-21-20-16(24-18)11-23-15-6-4-3-5-7-15/h3-10H,11H2,1-2H3,(H,19,21,22). The molecule has 0 saturated heterocycles. The predicted octanol–water partition coefficient (Wildman–Crippen LogP) is 4.70. The van der Waals surface area contributed by atoms with Crippen LogP contribution in [-0.2, 0) is 5.75 Å². The molecule has 0 atom stereocenters. The first-order valence-electron chi connectivity index (χ1n) is 7.50. The van der Waals surface area contributed by atoms with Crippen LogP contribution in [0.2, 0.25) is 0 Å². The van der Waals surface area contributed by atoms with Crippen molar-refractivity contribution < 1.29 is 4.79 Å². The van der Waals surface area contributed by atoms with Gasteiger partial charge in [-0.1, -0.05) is 35.6 Å². The molecule has 1 aromatic heterocycles. The summed E-state index contributed by atoms with van der Waals surface area (Å²) in [5.41, 5.74) is 2.90. The lowest BCUT2D eigenvalue weighted by Crippen LogP contribution is -2.12. The monoisotopic (exact) mass is 355 g/mol. The highest BCUT2D eigenvalue weighted by Gasteiger charge is 2.11. The molecule has 0 bridgehead atoms. The number of carbonyl (C=O) groups is 1. The highest BCUT2D eigenvalue weighted by atomic mass is 32.2. The summed E-state index contributed by atoms with van der Waals surface area (Å²) >= 11 is 3.11. The van der Waals surface area contributed by atoms with Crippen molar-refractivity contribution in [3.8, 4) is 0 Å². The maximum Gasteiger partial charge on any atom is 0.257 e. The van der Waals surface area contributed by atoms with Crippen molar-refractivity contribution in [2.75, 3.05) is 5.32 Å². The molecule has 4 nitrogen and oxygen atoms in total. The molecule has 1 heterocycles. The molecule has 0 aliphatic heterocycles. The molecule has 0 saturated carbocycles. The number of benzene rings is 2. The molecule has 1 N–H and O–H groups in total. The van der Waals surface area contributed by atoms with E-state index in [1.54, 1.807) is 11.8 Å². The van der Waals surface area contributed by atoms with E-state index in [9.17, 15) is 4.79 Å². The molecule has 122 valence electrons. The quantitative estimate of drug-likeness (QED) is 0.674. The molecule has 3 aromatic rings. The van der Waals surface area contributed by atoms with E-state index < -0.39 is 0 Å². The lowest BCUT2D eigenvalue weighted by atomic mass is 10.1. The van der Waals surface area contributed by atoms with E-state index in [-0.39, 0.29) is 5.91 Å². The van der Waals surface area contributed by atoms with Crippen LogP contribution in [0.5, 0.6) is 0 Å². The highest BCUT2D eigenvalue weighted by molar-refractivity contribution is 7.98. The maximum absolute atomic E-state index is 12.3. The second-order valence-electron chi connectivity index (χ2n) is 5.36. The number of nitrogens with zero attached hydrogens (tertiary/aromatic N) is 2. The average molecular weight is 355 g/mol. The second kappa shape index (κ2) is 7.59. The van der Waals surface area contributed by atoms with Crippen LogP contribution >= 0.6 is 23.1 Å². The van der Waals surface area contributed by atoms with Crippen LogP contribution < -0.4 is 5.32 Å². The topological polar surface area (TPSA) is 54.9 Å². The van der Waals surface area contributed by atoms with Crippen molar-refractivity contribution >= 4 is 34.1 Å². The fraction of sp³-hybridized carbons (Fsp3) is 0.167. The number of carbonyl (C=O) groups excluding carboxylic acids is 1. The van der Waals surface area contributed by atoms with Crippen LogP contribution in [0, 0.1) is 13.8 Å². The molecule has 0 spiro atoms. The zero-order valence-corrected chi connectivity index (χ0v) is 15.1. The van der Waals surface area contributed by atoms with Crippen LogP contribution in [0.1, 0.15) is 26.5 Å². The first kappa shape index (κ1) is 16.7. The van der Waals surface area contributed by atoms with Gasteiger partial charge >= 0.3 is 0 Å². The third-order valence-electron chi connectivity index (χ3n) is 3.56. The number of anilines is 1. The van der Waals surface area contributed by atoms with Crippen LogP contribution in [0.3, 0.4) is 0 Å². The van der Waals surface area contributed by atoms with Gasteiger partial charge in [0.15, 0.2) is 0 Å². The SMILES string of the molecule is Cc1ccc(C(=O)Nc2nnc(CSc3ccccc3)s2)cc1C. The lowest BCUT2D eigenvalue weighted by Gasteiger charge is -2.04. The Morgan fingerprint density at radius 3 is 2.62 bits per heavy atom. The van der Waals surface area contributed by atoms with E-state index in [2.05, 4.69) is 27.6 Å².